The smallest absolute Gasteiger partial charge is 0.407 e. The molecule has 0 unspecified atom stereocenters. The van der Waals surface area contributed by atoms with Gasteiger partial charge in [0.1, 0.15) is 6.10 Å². The van der Waals surface area contributed by atoms with Gasteiger partial charge in [0.25, 0.3) is 0 Å². The number of ether oxygens (including phenoxy) is 1. The molecule has 5 heteroatoms. The van der Waals surface area contributed by atoms with Crippen LogP contribution in [0.15, 0.2) is 18.5 Å². The van der Waals surface area contributed by atoms with E-state index in [1.165, 1.54) is 11.1 Å². The van der Waals surface area contributed by atoms with Crippen molar-refractivity contribution in [2.45, 2.75) is 52.3 Å². The molecule has 5 nitrogen and oxygen atoms in total. The SMILES string of the molecule is C[C@H](CN1CCc2cnccc2C1)OC(=O)NC(C)(C)C. The third-order valence-electron chi connectivity index (χ3n) is 3.40. The maximum absolute atomic E-state index is 11.7. The van der Waals surface area contributed by atoms with Crippen molar-refractivity contribution in [3.63, 3.8) is 0 Å². The fourth-order valence-corrected chi connectivity index (χ4v) is 2.51. The van der Waals surface area contributed by atoms with Crippen LogP contribution in [0.2, 0.25) is 0 Å². The summed E-state index contributed by atoms with van der Waals surface area (Å²) in [5, 5.41) is 2.81. The van der Waals surface area contributed by atoms with E-state index in [0.29, 0.717) is 0 Å². The van der Waals surface area contributed by atoms with Gasteiger partial charge in [0, 0.05) is 37.6 Å². The van der Waals surface area contributed by atoms with Crippen LogP contribution in [0.4, 0.5) is 4.79 Å². The third kappa shape index (κ3) is 5.01. The molecule has 1 aliphatic rings. The molecule has 1 aromatic heterocycles. The van der Waals surface area contributed by atoms with Gasteiger partial charge in [-0.15, -0.1) is 0 Å². The number of nitrogens with zero attached hydrogens (tertiary/aromatic N) is 2. The van der Waals surface area contributed by atoms with Crippen molar-refractivity contribution in [2.24, 2.45) is 0 Å². The average molecular weight is 291 g/mol. The Labute approximate surface area is 126 Å². The second-order valence-corrected chi connectivity index (χ2v) is 6.72. The van der Waals surface area contributed by atoms with Crippen LogP contribution in [0.5, 0.6) is 0 Å². The minimum atomic E-state index is -0.350. The molecule has 2 heterocycles. The van der Waals surface area contributed by atoms with Gasteiger partial charge >= 0.3 is 6.09 Å². The molecule has 0 radical (unpaired) electrons. The number of nitrogens with one attached hydrogen (secondary N) is 1. The molecule has 1 aromatic rings. The molecule has 0 bridgehead atoms. The van der Waals surface area contributed by atoms with Crippen LogP contribution < -0.4 is 5.32 Å². The molecule has 0 aliphatic carbocycles. The zero-order valence-electron chi connectivity index (χ0n) is 13.3. The minimum absolute atomic E-state index is 0.129. The molecule has 0 spiro atoms. The van der Waals surface area contributed by atoms with Crippen molar-refractivity contribution in [1.29, 1.82) is 0 Å². The van der Waals surface area contributed by atoms with Crippen LogP contribution in [-0.2, 0) is 17.7 Å². The van der Waals surface area contributed by atoms with Crippen molar-refractivity contribution < 1.29 is 9.53 Å². The second kappa shape index (κ2) is 6.43. The van der Waals surface area contributed by atoms with Gasteiger partial charge in [-0.2, -0.15) is 0 Å². The molecule has 1 atom stereocenters. The maximum Gasteiger partial charge on any atom is 0.407 e. The normalized spacial score (nSPS) is 17.0. The number of hydrogen-bond donors (Lipinski definition) is 1. The first kappa shape index (κ1) is 15.8. The molecule has 0 aromatic carbocycles. The summed E-state index contributed by atoms with van der Waals surface area (Å²) in [6.45, 7) is 10.4. The quantitative estimate of drug-likeness (QED) is 0.929. The lowest BCUT2D eigenvalue weighted by Gasteiger charge is -2.30. The highest BCUT2D eigenvalue weighted by atomic mass is 16.6. The number of carbonyl (C=O) groups excluding carboxylic acids is 1. The summed E-state index contributed by atoms with van der Waals surface area (Å²) in [5.41, 5.74) is 2.38. The van der Waals surface area contributed by atoms with Gasteiger partial charge in [0.15, 0.2) is 0 Å². The van der Waals surface area contributed by atoms with Gasteiger partial charge in [-0.1, -0.05) is 0 Å². The van der Waals surface area contributed by atoms with Crippen molar-refractivity contribution in [3.05, 3.63) is 29.6 Å². The Morgan fingerprint density at radius 1 is 1.48 bits per heavy atom. The van der Waals surface area contributed by atoms with Gasteiger partial charge in [-0.05, 0) is 51.3 Å². The lowest BCUT2D eigenvalue weighted by Crippen LogP contribution is -2.44. The van der Waals surface area contributed by atoms with Crippen LogP contribution in [0.25, 0.3) is 0 Å². The molecule has 21 heavy (non-hydrogen) atoms. The summed E-state index contributed by atoms with van der Waals surface area (Å²) in [6.07, 6.45) is 4.30. The van der Waals surface area contributed by atoms with Gasteiger partial charge in [0.05, 0.1) is 0 Å². The number of amides is 1. The first-order chi connectivity index (χ1) is 9.83. The van der Waals surface area contributed by atoms with E-state index in [2.05, 4.69) is 21.3 Å². The van der Waals surface area contributed by atoms with Crippen LogP contribution in [0.3, 0.4) is 0 Å². The summed E-state index contributed by atoms with van der Waals surface area (Å²) in [6, 6.07) is 2.07. The molecular formula is C16H25N3O2. The van der Waals surface area contributed by atoms with Crippen LogP contribution in [0, 0.1) is 0 Å². The Bertz CT molecular complexity index is 497. The number of fused-ring (bicyclic) bond motifs is 1. The highest BCUT2D eigenvalue weighted by Crippen LogP contribution is 2.17. The van der Waals surface area contributed by atoms with E-state index in [9.17, 15) is 4.79 Å². The van der Waals surface area contributed by atoms with E-state index in [4.69, 9.17) is 4.74 Å². The van der Waals surface area contributed by atoms with E-state index in [-0.39, 0.29) is 17.7 Å². The Hall–Kier alpha value is -1.62. The highest BCUT2D eigenvalue weighted by Gasteiger charge is 2.21. The van der Waals surface area contributed by atoms with Gasteiger partial charge in [-0.3, -0.25) is 9.88 Å². The lowest BCUT2D eigenvalue weighted by atomic mass is 10.0. The van der Waals surface area contributed by atoms with E-state index >= 15 is 0 Å². The maximum atomic E-state index is 11.7. The first-order valence-electron chi connectivity index (χ1n) is 7.46. The van der Waals surface area contributed by atoms with Crippen LogP contribution >= 0.6 is 0 Å². The second-order valence-electron chi connectivity index (χ2n) is 6.72. The Morgan fingerprint density at radius 3 is 2.95 bits per heavy atom. The fourth-order valence-electron chi connectivity index (χ4n) is 2.51. The topological polar surface area (TPSA) is 54.5 Å². The Balaban J connectivity index is 1.82. The predicted molar refractivity (Wildman–Crippen MR) is 82.0 cm³/mol. The van der Waals surface area contributed by atoms with E-state index < -0.39 is 0 Å². The predicted octanol–water partition coefficient (Wildman–Crippen LogP) is 2.35. The van der Waals surface area contributed by atoms with Crippen molar-refractivity contribution in [2.75, 3.05) is 13.1 Å². The standard InChI is InChI=1S/C16H25N3O2/c1-12(21-15(20)18-16(2,3)4)10-19-8-6-13-9-17-7-5-14(13)11-19/h5,7,9,12H,6,8,10-11H2,1-4H3,(H,18,20)/t12-/m1/s1. The van der Waals surface area contributed by atoms with Gasteiger partial charge in [0.2, 0.25) is 0 Å². The molecule has 116 valence electrons. The monoisotopic (exact) mass is 291 g/mol. The number of pyridine rings is 1. The molecule has 0 fully saturated rings. The Kier molecular flexibility index (Phi) is 4.83. The summed E-state index contributed by atoms with van der Waals surface area (Å²) >= 11 is 0. The molecule has 1 amide bonds. The van der Waals surface area contributed by atoms with Gasteiger partial charge < -0.3 is 10.1 Å². The zero-order chi connectivity index (χ0) is 15.5. The molecule has 0 saturated carbocycles. The average Bonchev–Trinajstić information content (AvgIpc) is 2.35. The molecule has 2 rings (SSSR count). The number of hydrogen-bond acceptors (Lipinski definition) is 4. The zero-order valence-corrected chi connectivity index (χ0v) is 13.3. The van der Waals surface area contributed by atoms with Gasteiger partial charge in [-0.25, -0.2) is 4.79 Å². The lowest BCUT2D eigenvalue weighted by molar-refractivity contribution is 0.0713. The highest BCUT2D eigenvalue weighted by molar-refractivity contribution is 5.68. The molecule has 1 aliphatic heterocycles. The van der Waals surface area contributed by atoms with Crippen molar-refractivity contribution in [3.8, 4) is 0 Å². The van der Waals surface area contributed by atoms with Crippen molar-refractivity contribution in [1.82, 2.24) is 15.2 Å². The molecular weight excluding hydrogens is 266 g/mol. The van der Waals surface area contributed by atoms with Crippen LogP contribution in [-0.4, -0.2) is 40.7 Å². The molecule has 0 saturated heterocycles. The third-order valence-corrected chi connectivity index (χ3v) is 3.40. The summed E-state index contributed by atoms with van der Waals surface area (Å²) in [5.74, 6) is 0. The fraction of sp³-hybridized carbons (Fsp3) is 0.625. The number of alkyl carbamates (subject to hydrolysis) is 1. The van der Waals surface area contributed by atoms with Crippen LogP contribution in [0.1, 0.15) is 38.8 Å². The minimum Gasteiger partial charge on any atom is -0.445 e. The van der Waals surface area contributed by atoms with E-state index in [1.807, 2.05) is 40.1 Å². The number of aromatic nitrogens is 1. The Morgan fingerprint density at radius 2 is 2.24 bits per heavy atom. The largest absolute Gasteiger partial charge is 0.445 e. The summed E-state index contributed by atoms with van der Waals surface area (Å²) in [7, 11) is 0. The van der Waals surface area contributed by atoms with Crippen molar-refractivity contribution >= 4 is 6.09 Å². The van der Waals surface area contributed by atoms with E-state index in [0.717, 1.165) is 26.1 Å². The number of carbonyl (C=O) groups is 1. The number of rotatable bonds is 3. The van der Waals surface area contributed by atoms with E-state index in [1.54, 1.807) is 0 Å². The summed E-state index contributed by atoms with van der Waals surface area (Å²) < 4.78 is 5.41. The molecule has 1 N–H and O–H groups in total. The first-order valence-corrected chi connectivity index (χ1v) is 7.46. The summed E-state index contributed by atoms with van der Waals surface area (Å²) in [4.78, 5) is 18.2.